The lowest BCUT2D eigenvalue weighted by atomic mass is 10.1. The second kappa shape index (κ2) is 5.54. The molecule has 2 N–H and O–H groups in total. The first kappa shape index (κ1) is 12.6. The first-order chi connectivity index (χ1) is 7.49. The van der Waals surface area contributed by atoms with E-state index in [2.05, 4.69) is 13.8 Å². The van der Waals surface area contributed by atoms with Gasteiger partial charge in [0.1, 0.15) is 0 Å². The zero-order chi connectivity index (χ0) is 12.1. The Hall–Kier alpha value is -1.51. The predicted octanol–water partition coefficient (Wildman–Crippen LogP) is 2.86. The molecule has 1 aromatic carbocycles. The quantitative estimate of drug-likeness (QED) is 0.628. The minimum atomic E-state index is -0.305. The van der Waals surface area contributed by atoms with E-state index in [1.165, 1.54) is 0 Å². The van der Waals surface area contributed by atoms with Crippen molar-refractivity contribution in [2.24, 2.45) is 5.92 Å². The molecule has 0 aromatic heterocycles. The average molecular weight is 221 g/mol. The van der Waals surface area contributed by atoms with Gasteiger partial charge in [-0.2, -0.15) is 0 Å². The van der Waals surface area contributed by atoms with E-state index in [1.54, 1.807) is 24.3 Å². The highest BCUT2D eigenvalue weighted by Crippen LogP contribution is 2.12. The van der Waals surface area contributed by atoms with Crippen LogP contribution in [0.4, 0.5) is 5.69 Å². The van der Waals surface area contributed by atoms with Crippen LogP contribution in [-0.4, -0.2) is 12.1 Å². The van der Waals surface area contributed by atoms with Gasteiger partial charge in [0, 0.05) is 5.69 Å². The summed E-state index contributed by atoms with van der Waals surface area (Å²) < 4.78 is 5.31. The first-order valence-corrected chi connectivity index (χ1v) is 5.55. The maximum atomic E-state index is 11.7. The highest BCUT2D eigenvalue weighted by molar-refractivity contribution is 5.90. The van der Waals surface area contributed by atoms with Gasteiger partial charge in [-0.05, 0) is 37.5 Å². The smallest absolute Gasteiger partial charge is 0.338 e. The molecule has 0 fully saturated rings. The molecule has 0 bridgehead atoms. The molecular formula is C13H19NO2. The van der Waals surface area contributed by atoms with Crippen LogP contribution in [0.5, 0.6) is 0 Å². The van der Waals surface area contributed by atoms with Gasteiger partial charge in [0.2, 0.25) is 0 Å². The van der Waals surface area contributed by atoms with Crippen molar-refractivity contribution >= 4 is 11.7 Å². The minimum absolute atomic E-state index is 0.0612. The molecule has 0 aliphatic rings. The van der Waals surface area contributed by atoms with Gasteiger partial charge in [-0.3, -0.25) is 0 Å². The Balaban J connectivity index is 2.59. The van der Waals surface area contributed by atoms with E-state index in [-0.39, 0.29) is 12.1 Å². The van der Waals surface area contributed by atoms with Crippen LogP contribution in [0.15, 0.2) is 24.3 Å². The Bertz CT molecular complexity index is 361. The fraction of sp³-hybridized carbons (Fsp3) is 0.462. The predicted molar refractivity (Wildman–Crippen MR) is 65.2 cm³/mol. The van der Waals surface area contributed by atoms with Gasteiger partial charge in [0.05, 0.1) is 11.7 Å². The number of anilines is 1. The number of esters is 1. The van der Waals surface area contributed by atoms with Crippen LogP contribution in [0.3, 0.4) is 0 Å². The maximum Gasteiger partial charge on any atom is 0.338 e. The molecule has 3 heteroatoms. The van der Waals surface area contributed by atoms with Crippen LogP contribution in [0.25, 0.3) is 0 Å². The van der Waals surface area contributed by atoms with Gasteiger partial charge in [0.15, 0.2) is 0 Å². The second-order valence-electron chi connectivity index (χ2n) is 4.47. The monoisotopic (exact) mass is 221 g/mol. The van der Waals surface area contributed by atoms with E-state index in [0.717, 1.165) is 6.42 Å². The SMILES string of the molecule is CC(C)CC(C)OC(=O)c1cccc(N)c1. The number of benzene rings is 1. The van der Waals surface area contributed by atoms with E-state index < -0.39 is 0 Å². The lowest BCUT2D eigenvalue weighted by Crippen LogP contribution is -2.17. The molecule has 1 aromatic rings. The van der Waals surface area contributed by atoms with Gasteiger partial charge >= 0.3 is 5.97 Å². The molecule has 0 aliphatic carbocycles. The molecular weight excluding hydrogens is 202 g/mol. The third-order valence-corrected chi connectivity index (χ3v) is 2.23. The summed E-state index contributed by atoms with van der Waals surface area (Å²) in [6.45, 7) is 6.11. The van der Waals surface area contributed by atoms with Crippen LogP contribution >= 0.6 is 0 Å². The normalized spacial score (nSPS) is 12.5. The van der Waals surface area contributed by atoms with Crippen LogP contribution in [0.1, 0.15) is 37.6 Å². The van der Waals surface area contributed by atoms with Crippen molar-refractivity contribution in [2.75, 3.05) is 5.73 Å². The number of nitrogens with two attached hydrogens (primary N) is 1. The second-order valence-corrected chi connectivity index (χ2v) is 4.47. The molecule has 1 unspecified atom stereocenters. The molecule has 0 heterocycles. The Morgan fingerprint density at radius 3 is 2.62 bits per heavy atom. The average Bonchev–Trinajstić information content (AvgIpc) is 2.16. The van der Waals surface area contributed by atoms with E-state index in [1.807, 2.05) is 6.92 Å². The van der Waals surface area contributed by atoms with Gasteiger partial charge < -0.3 is 10.5 Å². The summed E-state index contributed by atoms with van der Waals surface area (Å²) in [5.41, 5.74) is 6.68. The van der Waals surface area contributed by atoms with Crippen molar-refractivity contribution in [3.8, 4) is 0 Å². The van der Waals surface area contributed by atoms with Crippen molar-refractivity contribution in [3.05, 3.63) is 29.8 Å². The summed E-state index contributed by atoms with van der Waals surface area (Å²) in [6, 6.07) is 6.83. The largest absolute Gasteiger partial charge is 0.459 e. The number of hydrogen-bond donors (Lipinski definition) is 1. The van der Waals surface area contributed by atoms with Crippen LogP contribution in [-0.2, 0) is 4.74 Å². The van der Waals surface area contributed by atoms with Gasteiger partial charge in [-0.15, -0.1) is 0 Å². The fourth-order valence-corrected chi connectivity index (χ4v) is 1.63. The third kappa shape index (κ3) is 3.93. The van der Waals surface area contributed by atoms with E-state index >= 15 is 0 Å². The van der Waals surface area contributed by atoms with Crippen LogP contribution in [0, 0.1) is 5.92 Å². The van der Waals surface area contributed by atoms with E-state index in [0.29, 0.717) is 17.2 Å². The number of nitrogen functional groups attached to an aromatic ring is 1. The molecule has 0 aliphatic heterocycles. The highest BCUT2D eigenvalue weighted by atomic mass is 16.5. The van der Waals surface area contributed by atoms with Crippen molar-refractivity contribution < 1.29 is 9.53 Å². The summed E-state index contributed by atoms with van der Waals surface area (Å²) >= 11 is 0. The summed E-state index contributed by atoms with van der Waals surface area (Å²) in [5.74, 6) is 0.212. The lowest BCUT2D eigenvalue weighted by molar-refractivity contribution is 0.0300. The molecule has 1 atom stereocenters. The number of rotatable bonds is 4. The fourth-order valence-electron chi connectivity index (χ4n) is 1.63. The van der Waals surface area contributed by atoms with Crippen molar-refractivity contribution in [1.82, 2.24) is 0 Å². The molecule has 88 valence electrons. The zero-order valence-corrected chi connectivity index (χ0v) is 10.1. The summed E-state index contributed by atoms with van der Waals surface area (Å²) in [7, 11) is 0. The minimum Gasteiger partial charge on any atom is -0.459 e. The van der Waals surface area contributed by atoms with E-state index in [4.69, 9.17) is 10.5 Å². The highest BCUT2D eigenvalue weighted by Gasteiger charge is 2.13. The molecule has 3 nitrogen and oxygen atoms in total. The summed E-state index contributed by atoms with van der Waals surface area (Å²) in [5, 5.41) is 0. The molecule has 0 spiro atoms. The molecule has 1 rings (SSSR count). The van der Waals surface area contributed by atoms with E-state index in [9.17, 15) is 4.79 Å². The van der Waals surface area contributed by atoms with Crippen LogP contribution in [0.2, 0.25) is 0 Å². The van der Waals surface area contributed by atoms with Crippen LogP contribution < -0.4 is 5.73 Å². The lowest BCUT2D eigenvalue weighted by Gasteiger charge is -2.15. The third-order valence-electron chi connectivity index (χ3n) is 2.23. The number of hydrogen-bond acceptors (Lipinski definition) is 3. The Morgan fingerprint density at radius 1 is 1.38 bits per heavy atom. The van der Waals surface area contributed by atoms with Gasteiger partial charge in [-0.1, -0.05) is 19.9 Å². The Labute approximate surface area is 96.6 Å². The Kier molecular flexibility index (Phi) is 4.35. The molecule has 0 amide bonds. The van der Waals surface area contributed by atoms with Gasteiger partial charge in [-0.25, -0.2) is 4.79 Å². The van der Waals surface area contributed by atoms with Crippen molar-refractivity contribution in [1.29, 1.82) is 0 Å². The van der Waals surface area contributed by atoms with Crippen molar-refractivity contribution in [3.63, 3.8) is 0 Å². The summed E-state index contributed by atoms with van der Waals surface area (Å²) in [4.78, 5) is 11.7. The summed E-state index contributed by atoms with van der Waals surface area (Å²) in [6.07, 6.45) is 0.808. The maximum absolute atomic E-state index is 11.7. The van der Waals surface area contributed by atoms with Crippen molar-refractivity contribution in [2.45, 2.75) is 33.3 Å². The molecule has 0 saturated carbocycles. The first-order valence-electron chi connectivity index (χ1n) is 5.55. The number of ether oxygens (including phenoxy) is 1. The zero-order valence-electron chi connectivity index (χ0n) is 10.1. The molecule has 0 radical (unpaired) electrons. The number of carbonyl (C=O) groups is 1. The van der Waals surface area contributed by atoms with Gasteiger partial charge in [0.25, 0.3) is 0 Å². The molecule has 0 saturated heterocycles. The number of carbonyl (C=O) groups excluding carboxylic acids is 1. The Morgan fingerprint density at radius 2 is 2.06 bits per heavy atom. The molecule has 16 heavy (non-hydrogen) atoms. The topological polar surface area (TPSA) is 52.3 Å². The standard InChI is InChI=1S/C13H19NO2/c1-9(2)7-10(3)16-13(15)11-5-4-6-12(14)8-11/h4-6,8-10H,7,14H2,1-3H3.